The van der Waals surface area contributed by atoms with Gasteiger partial charge in [-0.2, -0.15) is 0 Å². The smallest absolute Gasteiger partial charge is 0.184 e. The molecule has 96 valence electrons. The predicted molar refractivity (Wildman–Crippen MR) is 76.5 cm³/mol. The number of aromatic nitrogens is 1. The summed E-state index contributed by atoms with van der Waals surface area (Å²) in [5.41, 5.74) is 1.91. The van der Waals surface area contributed by atoms with E-state index in [-0.39, 0.29) is 0 Å². The highest BCUT2D eigenvalue weighted by atomic mass is 32.1. The Bertz CT molecular complexity index is 558. The Kier molecular flexibility index (Phi) is 3.12. The van der Waals surface area contributed by atoms with Gasteiger partial charge in [0.1, 0.15) is 5.75 Å². The van der Waals surface area contributed by atoms with Gasteiger partial charge < -0.3 is 10.4 Å². The number of aromatic hydroxyl groups is 1. The summed E-state index contributed by atoms with van der Waals surface area (Å²) in [7, 11) is 0. The number of aryl methyl sites for hydroxylation is 1. The maximum Gasteiger partial charge on any atom is 0.184 e. The number of nitrogens with zero attached hydrogens (tertiary/aromatic N) is 1. The molecular formula is C14H18N2OS. The van der Waals surface area contributed by atoms with Crippen LogP contribution in [0.1, 0.15) is 37.7 Å². The van der Waals surface area contributed by atoms with E-state index in [4.69, 9.17) is 0 Å². The Labute approximate surface area is 111 Å². The van der Waals surface area contributed by atoms with E-state index in [1.807, 2.05) is 13.0 Å². The summed E-state index contributed by atoms with van der Waals surface area (Å²) < 4.78 is 1.09. The number of benzene rings is 1. The molecular weight excluding hydrogens is 244 g/mol. The molecule has 0 atom stereocenters. The van der Waals surface area contributed by atoms with Gasteiger partial charge in [-0.05, 0) is 31.9 Å². The molecule has 1 fully saturated rings. The minimum absolute atomic E-state index is 0.357. The number of thiazole rings is 1. The van der Waals surface area contributed by atoms with E-state index >= 15 is 0 Å². The van der Waals surface area contributed by atoms with Crippen molar-refractivity contribution < 1.29 is 5.11 Å². The number of hydrogen-bond donors (Lipinski definition) is 2. The first kappa shape index (κ1) is 11.8. The summed E-state index contributed by atoms with van der Waals surface area (Å²) in [6.07, 6.45) is 6.51. The van der Waals surface area contributed by atoms with Crippen LogP contribution in [0.3, 0.4) is 0 Å². The van der Waals surface area contributed by atoms with Gasteiger partial charge in [-0.3, -0.25) is 0 Å². The summed E-state index contributed by atoms with van der Waals surface area (Å²) in [6.45, 7) is 1.94. The van der Waals surface area contributed by atoms with Crippen molar-refractivity contribution >= 4 is 26.7 Å². The van der Waals surface area contributed by atoms with Crippen LogP contribution in [0.25, 0.3) is 10.2 Å². The number of phenols is 1. The van der Waals surface area contributed by atoms with Crippen molar-refractivity contribution in [3.05, 3.63) is 17.7 Å². The molecule has 0 radical (unpaired) electrons. The average molecular weight is 262 g/mol. The first-order valence-corrected chi connectivity index (χ1v) is 7.41. The monoisotopic (exact) mass is 262 g/mol. The van der Waals surface area contributed by atoms with E-state index in [1.54, 1.807) is 17.4 Å². The van der Waals surface area contributed by atoms with E-state index < -0.39 is 0 Å². The quantitative estimate of drug-likeness (QED) is 0.858. The molecule has 1 saturated carbocycles. The third-order valence-corrected chi connectivity index (χ3v) is 4.83. The largest absolute Gasteiger partial charge is 0.508 e. The third kappa shape index (κ3) is 2.17. The second kappa shape index (κ2) is 4.76. The van der Waals surface area contributed by atoms with Gasteiger partial charge in [-0.15, -0.1) is 0 Å². The molecule has 18 heavy (non-hydrogen) atoms. The van der Waals surface area contributed by atoms with Gasteiger partial charge in [-0.25, -0.2) is 4.98 Å². The van der Waals surface area contributed by atoms with E-state index in [1.165, 1.54) is 32.1 Å². The van der Waals surface area contributed by atoms with Crippen LogP contribution in [0.5, 0.6) is 5.75 Å². The van der Waals surface area contributed by atoms with Crippen molar-refractivity contribution in [2.24, 2.45) is 0 Å². The summed E-state index contributed by atoms with van der Waals surface area (Å²) in [6, 6.07) is 4.19. The normalized spacial score (nSPS) is 17.2. The summed E-state index contributed by atoms with van der Waals surface area (Å²) in [4.78, 5) is 4.61. The lowest BCUT2D eigenvalue weighted by atomic mass is 9.96. The number of nitrogens with one attached hydrogen (secondary N) is 1. The number of anilines is 1. The molecule has 4 heteroatoms. The van der Waals surface area contributed by atoms with E-state index in [9.17, 15) is 5.11 Å². The minimum Gasteiger partial charge on any atom is -0.508 e. The van der Waals surface area contributed by atoms with Crippen LogP contribution in [0.4, 0.5) is 5.13 Å². The second-order valence-corrected chi connectivity index (χ2v) is 6.06. The highest BCUT2D eigenvalue weighted by Gasteiger charge is 2.15. The molecule has 0 saturated heterocycles. The molecule has 1 heterocycles. The fraction of sp³-hybridized carbons (Fsp3) is 0.500. The van der Waals surface area contributed by atoms with Crippen LogP contribution in [0, 0.1) is 6.92 Å². The molecule has 2 aromatic rings. The minimum atomic E-state index is 0.357. The fourth-order valence-corrected chi connectivity index (χ4v) is 3.63. The summed E-state index contributed by atoms with van der Waals surface area (Å²) >= 11 is 1.65. The molecule has 1 aliphatic carbocycles. The standard InChI is InChI=1S/C14H18N2OS/c1-9-12(17)8-7-11-13(9)18-14(16-11)15-10-5-3-2-4-6-10/h7-8,10,17H,2-6H2,1H3,(H,15,16). The van der Waals surface area contributed by atoms with Crippen LogP contribution in [-0.2, 0) is 0 Å². The van der Waals surface area contributed by atoms with Crippen molar-refractivity contribution in [1.82, 2.24) is 4.98 Å². The topological polar surface area (TPSA) is 45.2 Å². The lowest BCUT2D eigenvalue weighted by Gasteiger charge is -2.22. The van der Waals surface area contributed by atoms with Crippen LogP contribution < -0.4 is 5.32 Å². The first-order chi connectivity index (χ1) is 8.74. The van der Waals surface area contributed by atoms with Crippen molar-refractivity contribution in [2.45, 2.75) is 45.1 Å². The van der Waals surface area contributed by atoms with Gasteiger partial charge in [0.05, 0.1) is 10.2 Å². The molecule has 0 unspecified atom stereocenters. The first-order valence-electron chi connectivity index (χ1n) is 6.59. The zero-order valence-electron chi connectivity index (χ0n) is 10.6. The van der Waals surface area contributed by atoms with Gasteiger partial charge in [0.25, 0.3) is 0 Å². The Morgan fingerprint density at radius 1 is 1.28 bits per heavy atom. The van der Waals surface area contributed by atoms with E-state index in [0.29, 0.717) is 11.8 Å². The molecule has 3 rings (SSSR count). The Hall–Kier alpha value is -1.29. The number of phenolic OH excluding ortho intramolecular Hbond substituents is 1. The lowest BCUT2D eigenvalue weighted by Crippen LogP contribution is -2.21. The molecule has 2 N–H and O–H groups in total. The number of fused-ring (bicyclic) bond motifs is 1. The van der Waals surface area contributed by atoms with Crippen molar-refractivity contribution in [2.75, 3.05) is 5.32 Å². The van der Waals surface area contributed by atoms with Gasteiger partial charge in [0, 0.05) is 11.6 Å². The van der Waals surface area contributed by atoms with E-state index in [2.05, 4.69) is 10.3 Å². The van der Waals surface area contributed by atoms with Gasteiger partial charge in [0.2, 0.25) is 0 Å². The molecule has 1 aliphatic rings. The Morgan fingerprint density at radius 2 is 2.06 bits per heavy atom. The maximum absolute atomic E-state index is 9.71. The zero-order chi connectivity index (χ0) is 12.5. The molecule has 0 bridgehead atoms. The van der Waals surface area contributed by atoms with Crippen LogP contribution in [0.15, 0.2) is 12.1 Å². The van der Waals surface area contributed by atoms with Crippen molar-refractivity contribution in [3.8, 4) is 5.75 Å². The number of hydrogen-bond acceptors (Lipinski definition) is 4. The second-order valence-electron chi connectivity index (χ2n) is 5.06. The maximum atomic E-state index is 9.71. The van der Waals surface area contributed by atoms with Crippen LogP contribution in [0.2, 0.25) is 0 Å². The molecule has 1 aromatic carbocycles. The highest BCUT2D eigenvalue weighted by Crippen LogP contribution is 2.34. The molecule has 1 aromatic heterocycles. The fourth-order valence-electron chi connectivity index (χ4n) is 2.60. The number of rotatable bonds is 2. The highest BCUT2D eigenvalue weighted by molar-refractivity contribution is 7.22. The zero-order valence-corrected chi connectivity index (χ0v) is 11.4. The molecule has 0 spiro atoms. The Balaban J connectivity index is 1.86. The third-order valence-electron chi connectivity index (χ3n) is 3.71. The molecule has 0 amide bonds. The van der Waals surface area contributed by atoms with Gasteiger partial charge in [-0.1, -0.05) is 30.6 Å². The van der Waals surface area contributed by atoms with Crippen LogP contribution in [-0.4, -0.2) is 16.1 Å². The van der Waals surface area contributed by atoms with Gasteiger partial charge in [0.15, 0.2) is 5.13 Å². The SMILES string of the molecule is Cc1c(O)ccc2nc(NC3CCCCC3)sc12. The predicted octanol–water partition coefficient (Wildman–Crippen LogP) is 4.05. The summed E-state index contributed by atoms with van der Waals surface area (Å²) in [5.74, 6) is 0.357. The Morgan fingerprint density at radius 3 is 2.83 bits per heavy atom. The van der Waals surface area contributed by atoms with Crippen molar-refractivity contribution in [3.63, 3.8) is 0 Å². The van der Waals surface area contributed by atoms with Crippen LogP contribution >= 0.6 is 11.3 Å². The molecule has 0 aliphatic heterocycles. The molecule has 3 nitrogen and oxygen atoms in total. The summed E-state index contributed by atoms with van der Waals surface area (Å²) in [5, 5.41) is 14.2. The lowest BCUT2D eigenvalue weighted by molar-refractivity contribution is 0.462. The average Bonchev–Trinajstić information content (AvgIpc) is 2.79. The van der Waals surface area contributed by atoms with Gasteiger partial charge >= 0.3 is 0 Å². The van der Waals surface area contributed by atoms with Crippen molar-refractivity contribution in [1.29, 1.82) is 0 Å². The van der Waals surface area contributed by atoms with E-state index in [0.717, 1.165) is 20.9 Å².